The van der Waals surface area contributed by atoms with Crippen molar-refractivity contribution in [3.05, 3.63) is 82.8 Å². The first-order valence-corrected chi connectivity index (χ1v) is 19.3. The summed E-state index contributed by atoms with van der Waals surface area (Å²) in [4.78, 5) is 82.0. The molecule has 2 fully saturated rings. The number of piperidine rings is 1. The Balaban J connectivity index is 0.700. The van der Waals surface area contributed by atoms with E-state index < -0.39 is 29.7 Å². The first-order chi connectivity index (χ1) is 27.3. The number of thiazole rings is 1. The van der Waals surface area contributed by atoms with E-state index in [1.807, 2.05) is 30.5 Å². The molecule has 0 radical (unpaired) electrons. The zero-order valence-electron chi connectivity index (χ0n) is 30.4. The number of hydrogen-bond donors (Lipinski definition) is 1. The molecule has 0 bridgehead atoms. The monoisotopic (exact) mass is 781 g/mol. The highest BCUT2D eigenvalue weighted by Crippen LogP contribution is 2.34. The van der Waals surface area contributed by atoms with Gasteiger partial charge < -0.3 is 28.7 Å². The second-order valence-corrected chi connectivity index (χ2v) is 14.6. The molecular weight excluding hydrogens is 743 g/mol. The largest absolute Gasteiger partial charge is 0.491 e. The summed E-state index contributed by atoms with van der Waals surface area (Å²) in [6, 6.07) is 11.3. The molecule has 4 aliphatic rings. The predicted octanol–water partition coefficient (Wildman–Crippen LogP) is 2.91. The van der Waals surface area contributed by atoms with Gasteiger partial charge in [-0.15, -0.1) is 11.3 Å². The number of ether oxygens (including phenoxy) is 4. The van der Waals surface area contributed by atoms with Crippen LogP contribution >= 0.6 is 11.3 Å². The molecule has 8 rings (SSSR count). The molecule has 0 aliphatic carbocycles. The summed E-state index contributed by atoms with van der Waals surface area (Å²) in [7, 11) is 0. The van der Waals surface area contributed by atoms with E-state index in [1.54, 1.807) is 23.4 Å². The Labute approximate surface area is 325 Å². The standard InChI is InChI=1S/C39H39N7O9S/c47-33-8-6-31(35(48)43-33)46-37(49)28-5-4-26(20-29(28)38(46)50)54-18-16-52-14-15-53-17-19-55-27-9-12-44(23-27)32-7-3-24(21-41-32)36-42-30-10-13-45(39(51)34(30)56-36)25-2-1-11-40-22-25/h1-5,7,11,20-22,27,31H,6,8-10,12-19,23H2,(H,43,47,48). The molecule has 3 aromatic heterocycles. The van der Waals surface area contributed by atoms with Gasteiger partial charge in [-0.2, -0.15) is 0 Å². The van der Waals surface area contributed by atoms with E-state index in [0.717, 1.165) is 52.2 Å². The van der Waals surface area contributed by atoms with Crippen molar-refractivity contribution in [3.8, 4) is 16.3 Å². The van der Waals surface area contributed by atoms with Crippen molar-refractivity contribution < 1.29 is 42.9 Å². The van der Waals surface area contributed by atoms with Crippen LogP contribution in [0.2, 0.25) is 0 Å². The van der Waals surface area contributed by atoms with Crippen LogP contribution in [0.5, 0.6) is 5.75 Å². The number of hydrogen-bond acceptors (Lipinski definition) is 14. The highest BCUT2D eigenvalue weighted by Gasteiger charge is 2.44. The Morgan fingerprint density at radius 2 is 1.64 bits per heavy atom. The van der Waals surface area contributed by atoms with Crippen LogP contribution in [0.4, 0.5) is 11.5 Å². The Morgan fingerprint density at radius 3 is 2.43 bits per heavy atom. The van der Waals surface area contributed by atoms with Crippen molar-refractivity contribution in [2.75, 3.05) is 69.1 Å². The summed E-state index contributed by atoms with van der Waals surface area (Å²) in [6.07, 6.45) is 7.01. The molecule has 1 N–H and O–H groups in total. The number of nitrogens with zero attached hydrogens (tertiary/aromatic N) is 6. The quantitative estimate of drug-likeness (QED) is 0.137. The van der Waals surface area contributed by atoms with Crippen molar-refractivity contribution >= 4 is 52.4 Å². The summed E-state index contributed by atoms with van der Waals surface area (Å²) in [5.41, 5.74) is 2.85. The molecule has 1 aromatic carbocycles. The van der Waals surface area contributed by atoms with E-state index in [-0.39, 0.29) is 49.2 Å². The van der Waals surface area contributed by atoms with Crippen LogP contribution < -0.4 is 19.9 Å². The van der Waals surface area contributed by atoms with Gasteiger partial charge in [0.15, 0.2) is 0 Å². The van der Waals surface area contributed by atoms with Gasteiger partial charge in [-0.1, -0.05) is 0 Å². The summed E-state index contributed by atoms with van der Waals surface area (Å²) in [5, 5.41) is 2.97. The predicted molar refractivity (Wildman–Crippen MR) is 202 cm³/mol. The fraction of sp³-hybridized carbons (Fsp3) is 0.385. The molecule has 0 spiro atoms. The maximum absolute atomic E-state index is 13.2. The van der Waals surface area contributed by atoms with Crippen LogP contribution in [0.25, 0.3) is 10.6 Å². The van der Waals surface area contributed by atoms with Gasteiger partial charge in [-0.25, -0.2) is 9.97 Å². The van der Waals surface area contributed by atoms with Gasteiger partial charge in [0.2, 0.25) is 11.8 Å². The van der Waals surface area contributed by atoms with E-state index >= 15 is 0 Å². The van der Waals surface area contributed by atoms with Crippen molar-refractivity contribution in [2.24, 2.45) is 0 Å². The van der Waals surface area contributed by atoms with Crippen LogP contribution in [-0.4, -0.2) is 121 Å². The number of pyridine rings is 2. The molecule has 17 heteroatoms. The van der Waals surface area contributed by atoms with Gasteiger partial charge in [-0.3, -0.25) is 39.2 Å². The lowest BCUT2D eigenvalue weighted by Gasteiger charge is -2.27. The summed E-state index contributed by atoms with van der Waals surface area (Å²) < 4.78 is 23.0. The maximum atomic E-state index is 13.2. The summed E-state index contributed by atoms with van der Waals surface area (Å²) in [5.74, 6) is -1.00. The average Bonchev–Trinajstić information content (AvgIpc) is 3.93. The van der Waals surface area contributed by atoms with Gasteiger partial charge >= 0.3 is 0 Å². The Bertz CT molecular complexity index is 2130. The molecule has 2 atom stereocenters. The fourth-order valence-corrected chi connectivity index (χ4v) is 8.19. The maximum Gasteiger partial charge on any atom is 0.270 e. The lowest BCUT2D eigenvalue weighted by atomic mass is 10.0. The third-order valence-corrected chi connectivity index (χ3v) is 11.1. The van der Waals surface area contributed by atoms with Crippen molar-refractivity contribution in [2.45, 2.75) is 37.8 Å². The van der Waals surface area contributed by atoms with Crippen LogP contribution in [0.15, 0.2) is 61.1 Å². The number of benzene rings is 1. The lowest BCUT2D eigenvalue weighted by Crippen LogP contribution is -2.54. The number of imide groups is 2. The Kier molecular flexibility index (Phi) is 11.1. The third kappa shape index (κ3) is 7.88. The molecule has 4 aliphatic heterocycles. The minimum absolute atomic E-state index is 0.0460. The SMILES string of the molecule is O=C1CCC(N2C(=O)c3ccc(OCCOCCOCCOC4CCN(c5ccc(-c6nc7c(s6)C(=O)N(c6cccnc6)CC7)cn5)C4)cc3C2=O)C(=O)N1. The number of nitrogens with one attached hydrogen (secondary N) is 1. The zero-order valence-corrected chi connectivity index (χ0v) is 31.2. The molecule has 2 unspecified atom stereocenters. The molecule has 16 nitrogen and oxygen atoms in total. The van der Waals surface area contributed by atoms with Gasteiger partial charge in [0.25, 0.3) is 17.7 Å². The van der Waals surface area contributed by atoms with E-state index in [9.17, 15) is 24.0 Å². The van der Waals surface area contributed by atoms with Crippen LogP contribution in [0.1, 0.15) is 55.3 Å². The first-order valence-electron chi connectivity index (χ1n) is 18.5. The van der Waals surface area contributed by atoms with Crippen molar-refractivity contribution in [1.29, 1.82) is 0 Å². The number of aromatic nitrogens is 3. The van der Waals surface area contributed by atoms with E-state index in [4.69, 9.17) is 28.9 Å². The number of fused-ring (bicyclic) bond motifs is 2. The van der Waals surface area contributed by atoms with Gasteiger partial charge in [0.1, 0.15) is 34.1 Å². The zero-order chi connectivity index (χ0) is 38.6. The smallest absolute Gasteiger partial charge is 0.270 e. The molecule has 4 aromatic rings. The van der Waals surface area contributed by atoms with Crippen molar-refractivity contribution in [3.63, 3.8) is 0 Å². The highest BCUT2D eigenvalue weighted by atomic mass is 32.1. The second-order valence-electron chi connectivity index (χ2n) is 13.6. The molecule has 7 heterocycles. The number of rotatable bonds is 15. The molecule has 5 amide bonds. The molecule has 290 valence electrons. The number of carbonyl (C=O) groups is 5. The average molecular weight is 782 g/mol. The van der Waals surface area contributed by atoms with Crippen molar-refractivity contribution in [1.82, 2.24) is 25.2 Å². The minimum Gasteiger partial charge on any atom is -0.491 e. The van der Waals surface area contributed by atoms with Gasteiger partial charge in [0.05, 0.1) is 67.8 Å². The molecule has 0 saturated carbocycles. The third-order valence-electron chi connectivity index (χ3n) is 9.99. The number of anilines is 2. The molecular formula is C39H39N7O9S. The van der Waals surface area contributed by atoms with Crippen LogP contribution in [0, 0.1) is 0 Å². The number of carbonyl (C=O) groups excluding carboxylic acids is 5. The Morgan fingerprint density at radius 1 is 0.821 bits per heavy atom. The highest BCUT2D eigenvalue weighted by molar-refractivity contribution is 7.17. The summed E-state index contributed by atoms with van der Waals surface area (Å²) in [6.45, 7) is 4.28. The summed E-state index contributed by atoms with van der Waals surface area (Å²) >= 11 is 1.40. The van der Waals surface area contributed by atoms with E-state index in [1.165, 1.54) is 23.5 Å². The van der Waals surface area contributed by atoms with Crippen LogP contribution in [-0.2, 0) is 30.2 Å². The first kappa shape index (κ1) is 37.3. The normalized spacial score (nSPS) is 19.4. The Hall–Kier alpha value is -5.62. The number of amides is 5. The minimum atomic E-state index is -1.02. The van der Waals surface area contributed by atoms with Gasteiger partial charge in [-0.05, 0) is 55.3 Å². The van der Waals surface area contributed by atoms with Crippen LogP contribution in [0.3, 0.4) is 0 Å². The second kappa shape index (κ2) is 16.6. The molecule has 56 heavy (non-hydrogen) atoms. The van der Waals surface area contributed by atoms with Gasteiger partial charge in [0, 0.05) is 50.4 Å². The topological polar surface area (TPSA) is 183 Å². The fourth-order valence-electron chi connectivity index (χ4n) is 7.14. The van der Waals surface area contributed by atoms with E-state index in [0.29, 0.717) is 50.0 Å². The lowest BCUT2D eigenvalue weighted by molar-refractivity contribution is -0.136. The molecule has 2 saturated heterocycles. The van der Waals surface area contributed by atoms with E-state index in [2.05, 4.69) is 15.2 Å².